The van der Waals surface area contributed by atoms with E-state index in [9.17, 15) is 35.7 Å². The van der Waals surface area contributed by atoms with Crippen LogP contribution < -0.4 is 0 Å². The SMILES string of the molecule is COCc1c(CO[C@@H]2O[C@H](CO)[C@H](O)[C@H](O)[C@@H]2O[C@H]2OC[C@@](O)(CO)[C@@H]2O)cnc(C)c1O. The molecule has 3 rings (SSSR count). The number of aliphatic hydroxyl groups is 6. The number of hydrogen-bond donors (Lipinski definition) is 7. The van der Waals surface area contributed by atoms with Gasteiger partial charge in [0.25, 0.3) is 0 Å². The Kier molecular flexibility index (Phi) is 8.58. The quantitative estimate of drug-likeness (QED) is 0.190. The fourth-order valence-electron chi connectivity index (χ4n) is 3.69. The van der Waals surface area contributed by atoms with Gasteiger partial charge < -0.3 is 59.4 Å². The molecule has 2 saturated heterocycles. The number of hydrogen-bond acceptors (Lipinski definition) is 13. The van der Waals surface area contributed by atoms with Crippen molar-refractivity contribution in [2.24, 2.45) is 0 Å². The summed E-state index contributed by atoms with van der Waals surface area (Å²) in [6.45, 7) is -0.335. The van der Waals surface area contributed by atoms with E-state index in [1.54, 1.807) is 6.92 Å². The van der Waals surface area contributed by atoms with Crippen LogP contribution in [0.1, 0.15) is 16.8 Å². The van der Waals surface area contributed by atoms with Crippen LogP contribution in [0.2, 0.25) is 0 Å². The molecule has 2 aliphatic heterocycles. The molecule has 0 amide bonds. The molecule has 8 atom stereocenters. The van der Waals surface area contributed by atoms with Crippen LogP contribution in [0.5, 0.6) is 5.75 Å². The van der Waals surface area contributed by atoms with E-state index in [0.717, 1.165) is 0 Å². The molecule has 13 nitrogen and oxygen atoms in total. The zero-order valence-electron chi connectivity index (χ0n) is 18.3. The van der Waals surface area contributed by atoms with Gasteiger partial charge >= 0.3 is 0 Å². The predicted octanol–water partition coefficient (Wildman–Crippen LogP) is -2.98. The lowest BCUT2D eigenvalue weighted by molar-refractivity contribution is -0.338. The molecule has 0 saturated carbocycles. The molecular formula is C20H31NO12. The highest BCUT2D eigenvalue weighted by molar-refractivity contribution is 5.40. The van der Waals surface area contributed by atoms with Gasteiger partial charge in [-0.25, -0.2) is 0 Å². The molecule has 0 aliphatic carbocycles. The van der Waals surface area contributed by atoms with Crippen LogP contribution in [0.15, 0.2) is 6.20 Å². The van der Waals surface area contributed by atoms with Crippen LogP contribution in [-0.2, 0) is 36.9 Å². The van der Waals surface area contributed by atoms with Crippen LogP contribution in [0.4, 0.5) is 0 Å². The van der Waals surface area contributed by atoms with Crippen molar-refractivity contribution >= 4 is 0 Å². The molecule has 0 spiro atoms. The van der Waals surface area contributed by atoms with E-state index in [1.807, 2.05) is 0 Å². The number of ether oxygens (including phenoxy) is 5. The highest BCUT2D eigenvalue weighted by atomic mass is 16.8. The molecule has 0 radical (unpaired) electrons. The fourth-order valence-corrected chi connectivity index (χ4v) is 3.69. The Balaban J connectivity index is 1.79. The summed E-state index contributed by atoms with van der Waals surface area (Å²) < 4.78 is 27.2. The van der Waals surface area contributed by atoms with E-state index in [4.69, 9.17) is 23.7 Å². The van der Waals surface area contributed by atoms with Crippen molar-refractivity contribution in [2.75, 3.05) is 26.9 Å². The number of methoxy groups -OCH3 is 1. The van der Waals surface area contributed by atoms with Crippen molar-refractivity contribution in [3.05, 3.63) is 23.0 Å². The second-order valence-corrected chi connectivity index (χ2v) is 8.13. The average Bonchev–Trinajstić information content (AvgIpc) is 3.09. The molecule has 1 aromatic rings. The summed E-state index contributed by atoms with van der Waals surface area (Å²) in [6.07, 6.45) is -8.80. The van der Waals surface area contributed by atoms with Crippen molar-refractivity contribution in [3.63, 3.8) is 0 Å². The molecule has 2 fully saturated rings. The van der Waals surface area contributed by atoms with Crippen molar-refractivity contribution in [1.29, 1.82) is 0 Å². The Bertz CT molecular complexity index is 797. The van der Waals surface area contributed by atoms with Crippen LogP contribution in [0.25, 0.3) is 0 Å². The third kappa shape index (κ3) is 5.28. The van der Waals surface area contributed by atoms with Gasteiger partial charge in [-0.3, -0.25) is 4.98 Å². The standard InChI is InChI=1S/C20H31NO12/c1-9-13(24)11(6-29-2)10(3-21-9)5-30-18-16(15(26)14(25)12(4-22)32-18)33-19-17(27)20(28,7-23)8-31-19/h3,12,14-19,22-28H,4-8H2,1-2H3/t12-,14+,15+,16+,17-,18-,19-,20+/m1/s1. The minimum absolute atomic E-state index is 0.0650. The topological polar surface area (TPSA) is 201 Å². The monoisotopic (exact) mass is 477 g/mol. The minimum atomic E-state index is -1.96. The van der Waals surface area contributed by atoms with Gasteiger partial charge in [0.15, 0.2) is 12.6 Å². The maximum Gasteiger partial charge on any atom is 0.187 e. The lowest BCUT2D eigenvalue weighted by Crippen LogP contribution is -2.61. The maximum atomic E-state index is 10.6. The Morgan fingerprint density at radius 1 is 1.15 bits per heavy atom. The van der Waals surface area contributed by atoms with E-state index in [-0.39, 0.29) is 19.0 Å². The van der Waals surface area contributed by atoms with E-state index in [0.29, 0.717) is 16.8 Å². The largest absolute Gasteiger partial charge is 0.506 e. The Morgan fingerprint density at radius 3 is 2.48 bits per heavy atom. The molecule has 3 heterocycles. The predicted molar refractivity (Wildman–Crippen MR) is 107 cm³/mol. The first-order chi connectivity index (χ1) is 15.7. The number of aromatic nitrogens is 1. The van der Waals surface area contributed by atoms with E-state index < -0.39 is 68.5 Å². The van der Waals surface area contributed by atoms with E-state index in [1.165, 1.54) is 13.3 Å². The second-order valence-electron chi connectivity index (χ2n) is 8.13. The van der Waals surface area contributed by atoms with Crippen molar-refractivity contribution in [1.82, 2.24) is 4.98 Å². The van der Waals surface area contributed by atoms with Crippen molar-refractivity contribution in [3.8, 4) is 5.75 Å². The van der Waals surface area contributed by atoms with Gasteiger partial charge in [-0.15, -0.1) is 0 Å². The summed E-state index contributed by atoms with van der Waals surface area (Å²) in [7, 11) is 1.46. The van der Waals surface area contributed by atoms with E-state index >= 15 is 0 Å². The fraction of sp³-hybridized carbons (Fsp3) is 0.750. The molecule has 0 aromatic carbocycles. The molecular weight excluding hydrogens is 446 g/mol. The lowest BCUT2D eigenvalue weighted by Gasteiger charge is -2.42. The summed E-state index contributed by atoms with van der Waals surface area (Å²) in [5.41, 5.74) is -0.688. The molecule has 1 aromatic heterocycles. The highest BCUT2D eigenvalue weighted by Gasteiger charge is 2.53. The first-order valence-corrected chi connectivity index (χ1v) is 10.3. The van der Waals surface area contributed by atoms with Gasteiger partial charge in [0.05, 0.1) is 38.7 Å². The van der Waals surface area contributed by atoms with Gasteiger partial charge in [0, 0.05) is 24.4 Å². The van der Waals surface area contributed by atoms with Gasteiger partial charge in [-0.2, -0.15) is 0 Å². The van der Waals surface area contributed by atoms with Gasteiger partial charge in [-0.1, -0.05) is 0 Å². The zero-order chi connectivity index (χ0) is 24.3. The number of pyridine rings is 1. The van der Waals surface area contributed by atoms with Crippen LogP contribution in [-0.4, -0.2) is 116 Å². The molecule has 7 N–H and O–H groups in total. The van der Waals surface area contributed by atoms with Gasteiger partial charge in [0.1, 0.15) is 41.9 Å². The number of aryl methyl sites for hydroxylation is 1. The summed E-state index contributed by atoms with van der Waals surface area (Å²) in [5, 5.41) is 70.4. The van der Waals surface area contributed by atoms with Crippen LogP contribution >= 0.6 is 0 Å². The smallest absolute Gasteiger partial charge is 0.187 e. The zero-order valence-corrected chi connectivity index (χ0v) is 18.3. The third-order valence-electron chi connectivity index (χ3n) is 5.82. The Hall–Kier alpha value is -1.49. The maximum absolute atomic E-state index is 10.6. The Labute approximate surface area is 189 Å². The first kappa shape index (κ1) is 26.1. The number of aromatic hydroxyl groups is 1. The number of aliphatic hydroxyl groups excluding tert-OH is 5. The van der Waals surface area contributed by atoms with E-state index in [2.05, 4.69) is 4.98 Å². The third-order valence-corrected chi connectivity index (χ3v) is 5.82. The molecule has 2 aliphatic rings. The molecule has 33 heavy (non-hydrogen) atoms. The Morgan fingerprint density at radius 2 is 1.88 bits per heavy atom. The summed E-state index contributed by atoms with van der Waals surface area (Å²) in [6, 6.07) is 0. The van der Waals surface area contributed by atoms with Gasteiger partial charge in [-0.05, 0) is 6.92 Å². The normalized spacial score (nSPS) is 36.9. The van der Waals surface area contributed by atoms with Crippen molar-refractivity contribution in [2.45, 2.75) is 68.8 Å². The second kappa shape index (κ2) is 10.8. The molecule has 0 bridgehead atoms. The van der Waals surface area contributed by atoms with Crippen LogP contribution in [0, 0.1) is 6.92 Å². The lowest BCUT2D eigenvalue weighted by atomic mass is 9.98. The molecule has 188 valence electrons. The number of nitrogens with zero attached hydrogens (tertiary/aromatic N) is 1. The van der Waals surface area contributed by atoms with Gasteiger partial charge in [0.2, 0.25) is 0 Å². The summed E-state index contributed by atoms with van der Waals surface area (Å²) in [4.78, 5) is 4.09. The first-order valence-electron chi connectivity index (χ1n) is 10.3. The average molecular weight is 477 g/mol. The minimum Gasteiger partial charge on any atom is -0.506 e. The molecule has 13 heteroatoms. The summed E-state index contributed by atoms with van der Waals surface area (Å²) in [5.74, 6) is -0.0650. The van der Waals surface area contributed by atoms with Crippen LogP contribution in [0.3, 0.4) is 0 Å². The number of rotatable bonds is 9. The molecule has 0 unspecified atom stereocenters. The van der Waals surface area contributed by atoms with Crippen molar-refractivity contribution < 1.29 is 59.4 Å². The highest BCUT2D eigenvalue weighted by Crippen LogP contribution is 2.32. The summed E-state index contributed by atoms with van der Waals surface area (Å²) >= 11 is 0.